The molecule has 0 saturated carbocycles. The Bertz CT molecular complexity index is 283. The summed E-state index contributed by atoms with van der Waals surface area (Å²) < 4.78 is 0. The number of nitrogens with one attached hydrogen (secondary N) is 1. The Morgan fingerprint density at radius 2 is 2.27 bits per heavy atom. The van der Waals surface area contributed by atoms with Crippen LogP contribution in [0.5, 0.6) is 0 Å². The summed E-state index contributed by atoms with van der Waals surface area (Å²) in [6.07, 6.45) is 0. The van der Waals surface area contributed by atoms with Crippen molar-refractivity contribution in [3.8, 4) is 0 Å². The van der Waals surface area contributed by atoms with Crippen molar-refractivity contribution in [2.24, 2.45) is 5.92 Å². The summed E-state index contributed by atoms with van der Waals surface area (Å²) >= 11 is 1.73. The van der Waals surface area contributed by atoms with Gasteiger partial charge in [0.05, 0.1) is 5.69 Å². The number of rotatable bonds is 6. The number of nitrogens with zero attached hydrogens (tertiary/aromatic N) is 2. The molecule has 1 aromatic rings. The van der Waals surface area contributed by atoms with Gasteiger partial charge in [0.2, 0.25) is 0 Å². The second-order valence-electron chi connectivity index (χ2n) is 4.35. The van der Waals surface area contributed by atoms with Crippen molar-refractivity contribution >= 4 is 11.3 Å². The summed E-state index contributed by atoms with van der Waals surface area (Å²) in [4.78, 5) is 6.88. The molecule has 0 spiro atoms. The smallest absolute Gasteiger partial charge is 0.107 e. The van der Waals surface area contributed by atoms with Crippen LogP contribution >= 0.6 is 11.3 Å². The normalized spacial score (nSPS) is 11.6. The highest BCUT2D eigenvalue weighted by molar-refractivity contribution is 7.09. The molecule has 4 heteroatoms. The maximum Gasteiger partial charge on any atom is 0.107 e. The van der Waals surface area contributed by atoms with Crippen LogP contribution in [-0.4, -0.2) is 30.5 Å². The fourth-order valence-electron chi connectivity index (χ4n) is 1.62. The molecule has 15 heavy (non-hydrogen) atoms. The molecule has 0 aliphatic heterocycles. The number of aromatic nitrogens is 1. The van der Waals surface area contributed by atoms with Crippen LogP contribution in [0.25, 0.3) is 0 Å². The molecule has 0 radical (unpaired) electrons. The van der Waals surface area contributed by atoms with Crippen molar-refractivity contribution < 1.29 is 0 Å². The number of hydrogen-bond acceptors (Lipinski definition) is 4. The Morgan fingerprint density at radius 1 is 1.53 bits per heavy atom. The second-order valence-corrected chi connectivity index (χ2v) is 5.30. The van der Waals surface area contributed by atoms with E-state index in [2.05, 4.69) is 41.5 Å². The van der Waals surface area contributed by atoms with E-state index in [9.17, 15) is 0 Å². The predicted molar refractivity (Wildman–Crippen MR) is 66.0 cm³/mol. The Hall–Kier alpha value is -0.450. The minimum Gasteiger partial charge on any atom is -0.314 e. The average molecular weight is 227 g/mol. The molecule has 0 amide bonds. The molecule has 1 rings (SSSR count). The number of thiazole rings is 1. The Labute approximate surface area is 96.5 Å². The highest BCUT2D eigenvalue weighted by Crippen LogP contribution is 2.11. The van der Waals surface area contributed by atoms with Gasteiger partial charge in [-0.05, 0) is 20.0 Å². The maximum atomic E-state index is 4.56. The molecule has 3 nitrogen and oxygen atoms in total. The van der Waals surface area contributed by atoms with Gasteiger partial charge < -0.3 is 10.2 Å². The van der Waals surface area contributed by atoms with Crippen molar-refractivity contribution in [3.05, 3.63) is 16.1 Å². The van der Waals surface area contributed by atoms with Gasteiger partial charge in [-0.15, -0.1) is 11.3 Å². The third-order valence-electron chi connectivity index (χ3n) is 2.04. The van der Waals surface area contributed by atoms with Crippen LogP contribution in [0.3, 0.4) is 0 Å². The lowest BCUT2D eigenvalue weighted by Crippen LogP contribution is -2.22. The van der Waals surface area contributed by atoms with Gasteiger partial charge in [-0.3, -0.25) is 0 Å². The highest BCUT2D eigenvalue weighted by atomic mass is 32.1. The highest BCUT2D eigenvalue weighted by Gasteiger charge is 2.06. The summed E-state index contributed by atoms with van der Waals surface area (Å²) in [5.74, 6) is 0.713. The van der Waals surface area contributed by atoms with E-state index in [0.29, 0.717) is 5.92 Å². The maximum absolute atomic E-state index is 4.56. The summed E-state index contributed by atoms with van der Waals surface area (Å²) in [7, 11) is 4.10. The van der Waals surface area contributed by atoms with E-state index >= 15 is 0 Å². The van der Waals surface area contributed by atoms with E-state index < -0.39 is 0 Å². The standard InChI is InChI=1S/C11H21N3S/c1-9(2)6-14(4)7-10-8-15-11(13-10)5-12-3/h8-9,12H,5-7H2,1-4H3. The molecule has 0 aromatic carbocycles. The molecule has 0 fully saturated rings. The van der Waals surface area contributed by atoms with E-state index in [1.54, 1.807) is 11.3 Å². The van der Waals surface area contributed by atoms with Gasteiger partial charge in [0.15, 0.2) is 0 Å². The van der Waals surface area contributed by atoms with E-state index in [4.69, 9.17) is 0 Å². The van der Waals surface area contributed by atoms with Gasteiger partial charge in [-0.1, -0.05) is 13.8 Å². The molecule has 0 saturated heterocycles. The third-order valence-corrected chi connectivity index (χ3v) is 2.93. The first-order valence-electron chi connectivity index (χ1n) is 5.38. The monoisotopic (exact) mass is 227 g/mol. The molecule has 0 bridgehead atoms. The molecule has 86 valence electrons. The molecular formula is C11H21N3S. The number of hydrogen-bond donors (Lipinski definition) is 1. The summed E-state index contributed by atoms with van der Waals surface area (Å²) in [6.45, 7) is 7.43. The lowest BCUT2D eigenvalue weighted by molar-refractivity contribution is 0.285. The van der Waals surface area contributed by atoms with Gasteiger partial charge in [0.25, 0.3) is 0 Å². The van der Waals surface area contributed by atoms with Crippen molar-refractivity contribution in [2.75, 3.05) is 20.6 Å². The van der Waals surface area contributed by atoms with Gasteiger partial charge in [0.1, 0.15) is 5.01 Å². The fraction of sp³-hybridized carbons (Fsp3) is 0.727. The molecule has 1 heterocycles. The zero-order chi connectivity index (χ0) is 11.3. The van der Waals surface area contributed by atoms with Crippen LogP contribution in [0, 0.1) is 5.92 Å². The van der Waals surface area contributed by atoms with E-state index in [-0.39, 0.29) is 0 Å². The van der Waals surface area contributed by atoms with Gasteiger partial charge in [-0.25, -0.2) is 4.98 Å². The molecule has 1 N–H and O–H groups in total. The topological polar surface area (TPSA) is 28.2 Å². The first-order valence-corrected chi connectivity index (χ1v) is 6.26. The largest absolute Gasteiger partial charge is 0.314 e. The predicted octanol–water partition coefficient (Wildman–Crippen LogP) is 1.95. The second kappa shape index (κ2) is 6.20. The Kier molecular flexibility index (Phi) is 5.22. The van der Waals surface area contributed by atoms with E-state index in [1.807, 2.05) is 7.05 Å². The molecule has 0 unspecified atom stereocenters. The minimum atomic E-state index is 0.713. The molecule has 0 atom stereocenters. The average Bonchev–Trinajstić information content (AvgIpc) is 2.51. The lowest BCUT2D eigenvalue weighted by Gasteiger charge is -2.17. The van der Waals surface area contributed by atoms with Crippen LogP contribution in [0.15, 0.2) is 5.38 Å². The van der Waals surface area contributed by atoms with Crippen molar-refractivity contribution in [3.63, 3.8) is 0 Å². The summed E-state index contributed by atoms with van der Waals surface area (Å²) in [5, 5.41) is 6.45. The van der Waals surface area contributed by atoms with Crippen LogP contribution in [0.4, 0.5) is 0 Å². The van der Waals surface area contributed by atoms with Crippen LogP contribution in [-0.2, 0) is 13.1 Å². The van der Waals surface area contributed by atoms with Crippen molar-refractivity contribution in [1.82, 2.24) is 15.2 Å². The van der Waals surface area contributed by atoms with Crippen molar-refractivity contribution in [2.45, 2.75) is 26.9 Å². The lowest BCUT2D eigenvalue weighted by atomic mass is 10.2. The van der Waals surface area contributed by atoms with Crippen LogP contribution in [0.2, 0.25) is 0 Å². The van der Waals surface area contributed by atoms with E-state index in [1.165, 1.54) is 10.7 Å². The molecular weight excluding hydrogens is 206 g/mol. The summed E-state index contributed by atoms with van der Waals surface area (Å²) in [6, 6.07) is 0. The Morgan fingerprint density at radius 3 is 2.87 bits per heavy atom. The van der Waals surface area contributed by atoms with Gasteiger partial charge in [-0.2, -0.15) is 0 Å². The first-order chi connectivity index (χ1) is 7.11. The van der Waals surface area contributed by atoms with E-state index in [0.717, 1.165) is 19.6 Å². The summed E-state index contributed by atoms with van der Waals surface area (Å²) in [5.41, 5.74) is 1.19. The molecule has 0 aliphatic rings. The minimum absolute atomic E-state index is 0.713. The fourth-order valence-corrected chi connectivity index (χ4v) is 2.42. The zero-order valence-electron chi connectivity index (χ0n) is 10.1. The van der Waals surface area contributed by atoms with Crippen molar-refractivity contribution in [1.29, 1.82) is 0 Å². The zero-order valence-corrected chi connectivity index (χ0v) is 10.9. The van der Waals surface area contributed by atoms with Gasteiger partial charge in [0, 0.05) is 25.0 Å². The van der Waals surface area contributed by atoms with Crippen LogP contribution in [0.1, 0.15) is 24.5 Å². The third kappa shape index (κ3) is 4.73. The first kappa shape index (κ1) is 12.6. The quantitative estimate of drug-likeness (QED) is 0.805. The Balaban J connectivity index is 2.42. The van der Waals surface area contributed by atoms with Gasteiger partial charge >= 0.3 is 0 Å². The van der Waals surface area contributed by atoms with Crippen LogP contribution < -0.4 is 5.32 Å². The molecule has 0 aliphatic carbocycles. The molecule has 1 aromatic heterocycles. The SMILES string of the molecule is CNCc1nc(CN(C)CC(C)C)cs1.